The molecule has 90 valence electrons. The lowest BCUT2D eigenvalue weighted by Crippen LogP contribution is -2.00. The van der Waals surface area contributed by atoms with Crippen LogP contribution in [-0.2, 0) is 0 Å². The van der Waals surface area contributed by atoms with Gasteiger partial charge in [-0.25, -0.2) is 9.97 Å². The molecule has 4 nitrogen and oxygen atoms in total. The first-order valence-electron chi connectivity index (χ1n) is 5.50. The largest absolute Gasteiger partial charge is 0.375 e. The molecule has 2 heterocycles. The number of nitrogen functional groups attached to an aromatic ring is 1. The molecule has 5 heteroatoms. The van der Waals surface area contributed by atoms with E-state index in [1.165, 1.54) is 17.0 Å². The molecule has 0 saturated carbocycles. The molecule has 0 atom stereocenters. The molecule has 2 aromatic rings. The molecule has 0 aromatic carbocycles. The van der Waals surface area contributed by atoms with Gasteiger partial charge in [0, 0.05) is 17.1 Å². The molecule has 2 N–H and O–H groups in total. The molecule has 17 heavy (non-hydrogen) atoms. The van der Waals surface area contributed by atoms with Crippen molar-refractivity contribution in [3.8, 4) is 0 Å². The van der Waals surface area contributed by atoms with Crippen LogP contribution < -0.4 is 5.73 Å². The fraction of sp³-hybridized carbons (Fsp3) is 0.333. The number of hydrogen-bond donors (Lipinski definition) is 1. The Kier molecular flexibility index (Phi) is 3.28. The van der Waals surface area contributed by atoms with Gasteiger partial charge in [0.15, 0.2) is 5.13 Å². The Morgan fingerprint density at radius 1 is 1.41 bits per heavy atom. The molecule has 0 spiro atoms. The van der Waals surface area contributed by atoms with Gasteiger partial charge in [0.1, 0.15) is 0 Å². The lowest BCUT2D eigenvalue weighted by Gasteiger charge is -2.08. The molecular weight excluding hydrogens is 232 g/mol. The van der Waals surface area contributed by atoms with Crippen LogP contribution in [0.3, 0.4) is 0 Å². The van der Waals surface area contributed by atoms with Crippen molar-refractivity contribution in [3.63, 3.8) is 0 Å². The van der Waals surface area contributed by atoms with Crippen molar-refractivity contribution < 1.29 is 0 Å². The molecule has 0 saturated heterocycles. The molecule has 0 unspecified atom stereocenters. The maximum absolute atomic E-state index is 5.58. The summed E-state index contributed by atoms with van der Waals surface area (Å²) in [5.74, 6) is 0. The zero-order valence-corrected chi connectivity index (χ0v) is 11.0. The highest BCUT2D eigenvalue weighted by atomic mass is 32.1. The Bertz CT molecular complexity index is 536. The highest BCUT2D eigenvalue weighted by Gasteiger charge is 2.06. The minimum absolute atomic E-state index is 0.430. The van der Waals surface area contributed by atoms with Gasteiger partial charge in [-0.1, -0.05) is 0 Å². The summed E-state index contributed by atoms with van der Waals surface area (Å²) >= 11 is 1.44. The van der Waals surface area contributed by atoms with E-state index in [9.17, 15) is 0 Å². The van der Waals surface area contributed by atoms with Crippen molar-refractivity contribution >= 4 is 28.6 Å². The standard InChI is InChI=1S/C12H16N4S/c1-8(2)16-7-14-11(9(16)3)5-4-10-6-17-12(13)15-10/h4-8H,1-3H3,(H2,13,15)/b5-4+. The van der Waals surface area contributed by atoms with E-state index in [1.54, 1.807) is 0 Å². The van der Waals surface area contributed by atoms with Gasteiger partial charge in [-0.2, -0.15) is 0 Å². The first-order chi connectivity index (χ1) is 8.08. The molecule has 0 fully saturated rings. The Balaban J connectivity index is 2.22. The molecule has 0 aliphatic carbocycles. The van der Waals surface area contributed by atoms with Crippen LogP contribution in [0, 0.1) is 6.92 Å². The average molecular weight is 248 g/mol. The van der Waals surface area contributed by atoms with Gasteiger partial charge >= 0.3 is 0 Å². The minimum atomic E-state index is 0.430. The van der Waals surface area contributed by atoms with E-state index in [0.717, 1.165) is 11.4 Å². The molecule has 0 radical (unpaired) electrons. The van der Waals surface area contributed by atoms with Gasteiger partial charge in [-0.15, -0.1) is 11.3 Å². The molecule has 0 bridgehead atoms. The predicted octanol–water partition coefficient (Wildman–Crippen LogP) is 2.98. The summed E-state index contributed by atoms with van der Waals surface area (Å²) in [7, 11) is 0. The molecule has 0 aliphatic heterocycles. The smallest absolute Gasteiger partial charge is 0.180 e. The van der Waals surface area contributed by atoms with E-state index >= 15 is 0 Å². The molecule has 0 amide bonds. The first-order valence-corrected chi connectivity index (χ1v) is 6.38. The monoisotopic (exact) mass is 248 g/mol. The Hall–Kier alpha value is -1.62. The number of imidazole rings is 1. The second kappa shape index (κ2) is 4.71. The Labute approximate surface area is 105 Å². The molecule has 2 rings (SSSR count). The van der Waals surface area contributed by atoms with E-state index < -0.39 is 0 Å². The summed E-state index contributed by atoms with van der Waals surface area (Å²) in [6.45, 7) is 6.36. The fourth-order valence-electron chi connectivity index (χ4n) is 1.66. The zero-order valence-electron chi connectivity index (χ0n) is 10.2. The maximum Gasteiger partial charge on any atom is 0.180 e. The van der Waals surface area contributed by atoms with Crippen LogP contribution in [0.25, 0.3) is 12.2 Å². The summed E-state index contributed by atoms with van der Waals surface area (Å²) in [5, 5.41) is 2.52. The number of thiazole rings is 1. The first kappa shape index (κ1) is 11.9. The number of nitrogens with two attached hydrogens (primary N) is 1. The van der Waals surface area contributed by atoms with E-state index in [4.69, 9.17) is 5.73 Å². The van der Waals surface area contributed by atoms with Gasteiger partial charge in [0.2, 0.25) is 0 Å². The third-order valence-corrected chi connectivity index (χ3v) is 3.28. The van der Waals surface area contributed by atoms with Crippen LogP contribution in [0.5, 0.6) is 0 Å². The third kappa shape index (κ3) is 2.55. The van der Waals surface area contributed by atoms with E-state index in [0.29, 0.717) is 11.2 Å². The van der Waals surface area contributed by atoms with E-state index in [2.05, 4.69) is 35.3 Å². The van der Waals surface area contributed by atoms with Gasteiger partial charge in [-0.05, 0) is 32.9 Å². The highest BCUT2D eigenvalue weighted by Crippen LogP contribution is 2.17. The van der Waals surface area contributed by atoms with E-state index in [-0.39, 0.29) is 0 Å². The lowest BCUT2D eigenvalue weighted by molar-refractivity contribution is 0.585. The Morgan fingerprint density at radius 2 is 2.18 bits per heavy atom. The normalized spacial score (nSPS) is 11.8. The average Bonchev–Trinajstić information content (AvgIpc) is 2.82. The van der Waals surface area contributed by atoms with Gasteiger partial charge in [0.05, 0.1) is 17.7 Å². The van der Waals surface area contributed by atoms with Crippen LogP contribution in [0.2, 0.25) is 0 Å². The van der Waals surface area contributed by atoms with Crippen LogP contribution in [-0.4, -0.2) is 14.5 Å². The van der Waals surface area contributed by atoms with Crippen molar-refractivity contribution in [1.82, 2.24) is 14.5 Å². The lowest BCUT2D eigenvalue weighted by atomic mass is 10.2. The quantitative estimate of drug-likeness (QED) is 0.908. The second-order valence-corrected chi connectivity index (χ2v) is 5.05. The van der Waals surface area contributed by atoms with Gasteiger partial charge < -0.3 is 10.3 Å². The topological polar surface area (TPSA) is 56.7 Å². The van der Waals surface area contributed by atoms with Crippen LogP contribution >= 0.6 is 11.3 Å². The number of anilines is 1. The Morgan fingerprint density at radius 3 is 2.71 bits per heavy atom. The van der Waals surface area contributed by atoms with Crippen LogP contribution in [0.1, 0.15) is 37.0 Å². The van der Waals surface area contributed by atoms with Crippen molar-refractivity contribution in [2.45, 2.75) is 26.8 Å². The summed E-state index contributed by atoms with van der Waals surface area (Å²) in [4.78, 5) is 8.55. The molecular formula is C12H16N4S. The summed E-state index contributed by atoms with van der Waals surface area (Å²) < 4.78 is 2.15. The molecule has 2 aromatic heterocycles. The highest BCUT2D eigenvalue weighted by molar-refractivity contribution is 7.13. The van der Waals surface area contributed by atoms with Crippen molar-refractivity contribution in [2.75, 3.05) is 5.73 Å². The zero-order chi connectivity index (χ0) is 12.4. The van der Waals surface area contributed by atoms with Crippen molar-refractivity contribution in [3.05, 3.63) is 28.8 Å². The number of aromatic nitrogens is 3. The third-order valence-electron chi connectivity index (χ3n) is 2.59. The van der Waals surface area contributed by atoms with E-state index in [1.807, 2.05) is 23.9 Å². The summed E-state index contributed by atoms with van der Waals surface area (Å²) in [6, 6.07) is 0.430. The van der Waals surface area contributed by atoms with Gasteiger partial charge in [-0.3, -0.25) is 0 Å². The second-order valence-electron chi connectivity index (χ2n) is 4.16. The predicted molar refractivity (Wildman–Crippen MR) is 72.8 cm³/mol. The minimum Gasteiger partial charge on any atom is -0.375 e. The fourth-order valence-corrected chi connectivity index (χ4v) is 2.19. The SMILES string of the molecule is Cc1c(/C=C/c2csc(N)n2)ncn1C(C)C. The van der Waals surface area contributed by atoms with Crippen molar-refractivity contribution in [1.29, 1.82) is 0 Å². The van der Waals surface area contributed by atoms with Gasteiger partial charge in [0.25, 0.3) is 0 Å². The van der Waals surface area contributed by atoms with Crippen molar-refractivity contribution in [2.24, 2.45) is 0 Å². The van der Waals surface area contributed by atoms with Crippen LogP contribution in [0.4, 0.5) is 5.13 Å². The molecule has 0 aliphatic rings. The summed E-state index contributed by atoms with van der Waals surface area (Å²) in [5.41, 5.74) is 8.60. The number of nitrogens with zero attached hydrogens (tertiary/aromatic N) is 3. The maximum atomic E-state index is 5.58. The number of hydrogen-bond acceptors (Lipinski definition) is 4. The van der Waals surface area contributed by atoms with Crippen LogP contribution in [0.15, 0.2) is 11.7 Å². The number of rotatable bonds is 3. The summed E-state index contributed by atoms with van der Waals surface area (Å²) in [6.07, 6.45) is 5.78.